The third-order valence-corrected chi connectivity index (χ3v) is 2.44. The maximum absolute atomic E-state index is 4.54. The van der Waals surface area contributed by atoms with Crippen LogP contribution in [0.25, 0.3) is 11.4 Å². The maximum Gasteiger partial charge on any atom is 0.143 e. The lowest BCUT2D eigenvalue weighted by atomic mass is 10.2. The molecule has 2 aromatic heterocycles. The van der Waals surface area contributed by atoms with Crippen LogP contribution in [-0.2, 0) is 6.54 Å². The van der Waals surface area contributed by atoms with Crippen LogP contribution in [0.5, 0.6) is 0 Å². The van der Waals surface area contributed by atoms with Crippen molar-refractivity contribution in [2.24, 2.45) is 0 Å². The van der Waals surface area contributed by atoms with Gasteiger partial charge in [0.15, 0.2) is 0 Å². The van der Waals surface area contributed by atoms with Gasteiger partial charge in [0.05, 0.1) is 17.9 Å². The summed E-state index contributed by atoms with van der Waals surface area (Å²) in [4.78, 5) is 12.1. The van der Waals surface area contributed by atoms with Gasteiger partial charge in [-0.3, -0.25) is 0 Å². The molecule has 0 saturated heterocycles. The highest BCUT2D eigenvalue weighted by molar-refractivity contribution is 5.54. The molecule has 0 bridgehead atoms. The van der Waals surface area contributed by atoms with Gasteiger partial charge in [-0.25, -0.2) is 9.97 Å². The molecule has 4 nitrogen and oxygen atoms in total. The fraction of sp³-hybridized carbons (Fsp3) is 0.385. The van der Waals surface area contributed by atoms with Crippen molar-refractivity contribution in [2.75, 3.05) is 0 Å². The van der Waals surface area contributed by atoms with Crippen molar-refractivity contribution >= 4 is 0 Å². The predicted octanol–water partition coefficient (Wildman–Crippen LogP) is 2.28. The number of hydrogen-bond acceptors (Lipinski definition) is 3. The molecule has 0 fully saturated rings. The quantitative estimate of drug-likeness (QED) is 0.847. The molecule has 0 aliphatic carbocycles. The van der Waals surface area contributed by atoms with Crippen LogP contribution in [0.2, 0.25) is 0 Å². The smallest absolute Gasteiger partial charge is 0.143 e. The summed E-state index contributed by atoms with van der Waals surface area (Å²) in [5.41, 5.74) is 2.97. The van der Waals surface area contributed by atoms with Gasteiger partial charge in [-0.15, -0.1) is 0 Å². The largest absolute Gasteiger partial charge is 0.360 e. The molecule has 0 spiro atoms. The average Bonchev–Trinajstić information content (AvgIpc) is 2.79. The summed E-state index contributed by atoms with van der Waals surface area (Å²) in [5, 5.41) is 3.33. The molecule has 17 heavy (non-hydrogen) atoms. The van der Waals surface area contributed by atoms with E-state index in [-0.39, 0.29) is 0 Å². The standard InChI is InChI=1S/C13H18N4/c1-9(2)15-8-13-16-10(3)7-12(17-13)11-5-4-6-14-11/h4-7,9,14-15H,8H2,1-3H3. The highest BCUT2D eigenvalue weighted by Gasteiger charge is 2.05. The SMILES string of the molecule is Cc1cc(-c2ccc[nH]2)nc(CNC(C)C)n1. The van der Waals surface area contributed by atoms with Gasteiger partial charge in [0.1, 0.15) is 5.82 Å². The molecule has 90 valence electrons. The zero-order valence-corrected chi connectivity index (χ0v) is 10.5. The van der Waals surface area contributed by atoms with E-state index in [4.69, 9.17) is 0 Å². The molecule has 0 aliphatic heterocycles. The molecule has 2 aromatic rings. The summed E-state index contributed by atoms with van der Waals surface area (Å²) in [6, 6.07) is 6.42. The van der Waals surface area contributed by atoms with Gasteiger partial charge in [0.2, 0.25) is 0 Å². The molecule has 0 amide bonds. The Labute approximate surface area is 102 Å². The molecule has 0 saturated carbocycles. The van der Waals surface area contributed by atoms with Gasteiger partial charge in [-0.05, 0) is 25.1 Å². The van der Waals surface area contributed by atoms with Crippen molar-refractivity contribution < 1.29 is 0 Å². The molecule has 0 radical (unpaired) electrons. The van der Waals surface area contributed by atoms with E-state index in [1.54, 1.807) is 0 Å². The number of hydrogen-bond donors (Lipinski definition) is 2. The van der Waals surface area contributed by atoms with Crippen LogP contribution in [0.4, 0.5) is 0 Å². The van der Waals surface area contributed by atoms with E-state index in [0.29, 0.717) is 12.6 Å². The first-order valence-electron chi connectivity index (χ1n) is 5.87. The van der Waals surface area contributed by atoms with E-state index in [9.17, 15) is 0 Å². The molecular weight excluding hydrogens is 212 g/mol. The third-order valence-electron chi connectivity index (χ3n) is 2.44. The number of nitrogens with one attached hydrogen (secondary N) is 2. The minimum atomic E-state index is 0.438. The molecule has 2 heterocycles. The van der Waals surface area contributed by atoms with Crippen LogP contribution in [0.15, 0.2) is 24.4 Å². The molecule has 0 aliphatic rings. The first-order chi connectivity index (χ1) is 8.15. The van der Waals surface area contributed by atoms with Gasteiger partial charge in [0, 0.05) is 17.9 Å². The molecule has 0 unspecified atom stereocenters. The minimum absolute atomic E-state index is 0.438. The normalized spacial score (nSPS) is 11.1. The van der Waals surface area contributed by atoms with Crippen LogP contribution in [-0.4, -0.2) is 21.0 Å². The van der Waals surface area contributed by atoms with Gasteiger partial charge in [-0.2, -0.15) is 0 Å². The van der Waals surface area contributed by atoms with E-state index >= 15 is 0 Å². The summed E-state index contributed by atoms with van der Waals surface area (Å²) in [6.07, 6.45) is 1.90. The van der Waals surface area contributed by atoms with Gasteiger partial charge in [0.25, 0.3) is 0 Å². The monoisotopic (exact) mass is 230 g/mol. The highest BCUT2D eigenvalue weighted by atomic mass is 15.0. The molecule has 2 rings (SSSR count). The Kier molecular flexibility index (Phi) is 3.54. The van der Waals surface area contributed by atoms with Crippen molar-refractivity contribution in [1.29, 1.82) is 0 Å². The Balaban J connectivity index is 2.24. The van der Waals surface area contributed by atoms with Crippen molar-refractivity contribution in [2.45, 2.75) is 33.4 Å². The van der Waals surface area contributed by atoms with Crippen molar-refractivity contribution in [3.05, 3.63) is 35.9 Å². The van der Waals surface area contributed by atoms with Crippen LogP contribution < -0.4 is 5.32 Å². The molecule has 4 heteroatoms. The molecule has 2 N–H and O–H groups in total. The Bertz CT molecular complexity index is 474. The highest BCUT2D eigenvalue weighted by Crippen LogP contribution is 2.15. The van der Waals surface area contributed by atoms with E-state index in [1.165, 1.54) is 0 Å². The molecule has 0 aromatic carbocycles. The fourth-order valence-corrected chi connectivity index (χ4v) is 1.63. The molecule has 0 atom stereocenters. The fourth-order valence-electron chi connectivity index (χ4n) is 1.63. The summed E-state index contributed by atoms with van der Waals surface area (Å²) in [7, 11) is 0. The van der Waals surface area contributed by atoms with Crippen molar-refractivity contribution in [3.63, 3.8) is 0 Å². The lowest BCUT2D eigenvalue weighted by Crippen LogP contribution is -2.23. The van der Waals surface area contributed by atoms with Gasteiger partial charge in [-0.1, -0.05) is 13.8 Å². The zero-order chi connectivity index (χ0) is 12.3. The van der Waals surface area contributed by atoms with E-state index in [1.807, 2.05) is 31.3 Å². The number of aryl methyl sites for hydroxylation is 1. The van der Waals surface area contributed by atoms with Crippen LogP contribution >= 0.6 is 0 Å². The summed E-state index contributed by atoms with van der Waals surface area (Å²) >= 11 is 0. The number of H-pyrrole nitrogens is 1. The number of rotatable bonds is 4. The first kappa shape index (κ1) is 11.8. The number of aromatic nitrogens is 3. The lowest BCUT2D eigenvalue weighted by Gasteiger charge is -2.08. The number of nitrogens with zero attached hydrogens (tertiary/aromatic N) is 2. The number of aromatic amines is 1. The second kappa shape index (κ2) is 5.10. The summed E-state index contributed by atoms with van der Waals surface area (Å²) in [6.45, 7) is 6.92. The van der Waals surface area contributed by atoms with E-state index < -0.39 is 0 Å². The third kappa shape index (κ3) is 3.14. The first-order valence-corrected chi connectivity index (χ1v) is 5.87. The summed E-state index contributed by atoms with van der Waals surface area (Å²) < 4.78 is 0. The lowest BCUT2D eigenvalue weighted by molar-refractivity contribution is 0.571. The van der Waals surface area contributed by atoms with Crippen molar-refractivity contribution in [1.82, 2.24) is 20.3 Å². The van der Waals surface area contributed by atoms with E-state index in [2.05, 4.69) is 34.1 Å². The van der Waals surface area contributed by atoms with Crippen molar-refractivity contribution in [3.8, 4) is 11.4 Å². The van der Waals surface area contributed by atoms with E-state index in [0.717, 1.165) is 22.9 Å². The average molecular weight is 230 g/mol. The Morgan fingerprint density at radius 1 is 1.35 bits per heavy atom. The van der Waals surface area contributed by atoms with Gasteiger partial charge < -0.3 is 10.3 Å². The summed E-state index contributed by atoms with van der Waals surface area (Å²) in [5.74, 6) is 0.836. The minimum Gasteiger partial charge on any atom is -0.360 e. The Hall–Kier alpha value is -1.68. The van der Waals surface area contributed by atoms with Gasteiger partial charge >= 0.3 is 0 Å². The van der Waals surface area contributed by atoms with Crippen LogP contribution in [0.1, 0.15) is 25.4 Å². The predicted molar refractivity (Wildman–Crippen MR) is 68.5 cm³/mol. The second-order valence-electron chi connectivity index (χ2n) is 4.43. The molecular formula is C13H18N4. The van der Waals surface area contributed by atoms with Crippen LogP contribution in [0, 0.1) is 6.92 Å². The van der Waals surface area contributed by atoms with Crippen LogP contribution in [0.3, 0.4) is 0 Å². The Morgan fingerprint density at radius 2 is 2.18 bits per heavy atom. The zero-order valence-electron chi connectivity index (χ0n) is 10.5. The maximum atomic E-state index is 4.54. The topological polar surface area (TPSA) is 53.6 Å². The Morgan fingerprint density at radius 3 is 2.82 bits per heavy atom. The second-order valence-corrected chi connectivity index (χ2v) is 4.43.